The van der Waals surface area contributed by atoms with E-state index in [1.807, 2.05) is 6.07 Å². The van der Waals surface area contributed by atoms with Gasteiger partial charge < -0.3 is 14.7 Å². The number of piperidine rings is 1. The number of nitrogens with one attached hydrogen (secondary N) is 1. The normalized spacial score (nSPS) is 23.7. The zero-order valence-corrected chi connectivity index (χ0v) is 15.1. The topological polar surface area (TPSA) is 54.2 Å². The molecule has 1 aromatic heterocycles. The second kappa shape index (κ2) is 7.67. The minimum absolute atomic E-state index is 0.629. The Bertz CT molecular complexity index is 699. The van der Waals surface area contributed by atoms with E-state index in [0.717, 1.165) is 36.8 Å². The monoisotopic (exact) mass is 340 g/mol. The van der Waals surface area contributed by atoms with E-state index in [9.17, 15) is 0 Å². The summed E-state index contributed by atoms with van der Waals surface area (Å²) < 4.78 is 5.41. The molecular weight excluding hydrogens is 312 g/mol. The van der Waals surface area contributed by atoms with Crippen LogP contribution in [0.3, 0.4) is 0 Å². The van der Waals surface area contributed by atoms with Gasteiger partial charge in [-0.1, -0.05) is 24.2 Å². The zero-order valence-electron chi connectivity index (χ0n) is 15.1. The van der Waals surface area contributed by atoms with Gasteiger partial charge in [0.25, 0.3) is 5.89 Å². The lowest BCUT2D eigenvalue weighted by molar-refractivity contribution is 0.166. The molecule has 0 radical (unpaired) electrons. The molecule has 2 saturated heterocycles. The third-order valence-corrected chi connectivity index (χ3v) is 5.53. The highest BCUT2D eigenvalue weighted by Gasteiger charge is 2.31. The molecule has 0 saturated carbocycles. The van der Waals surface area contributed by atoms with Crippen LogP contribution in [0, 0.1) is 0 Å². The van der Waals surface area contributed by atoms with Crippen LogP contribution in [0.4, 0.5) is 0 Å². The van der Waals surface area contributed by atoms with E-state index in [4.69, 9.17) is 4.52 Å². The first-order chi connectivity index (χ1) is 12.3. The van der Waals surface area contributed by atoms with E-state index in [1.165, 1.54) is 44.3 Å². The molecular formula is C20H28N4O. The maximum atomic E-state index is 5.41. The summed E-state index contributed by atoms with van der Waals surface area (Å²) in [6.45, 7) is 5.59. The Hall–Kier alpha value is -1.72. The van der Waals surface area contributed by atoms with E-state index in [2.05, 4.69) is 45.5 Å². The van der Waals surface area contributed by atoms with E-state index in [0.29, 0.717) is 11.9 Å². The highest BCUT2D eigenvalue weighted by molar-refractivity contribution is 5.54. The fourth-order valence-corrected chi connectivity index (χ4v) is 4.18. The number of rotatable bonds is 6. The van der Waals surface area contributed by atoms with Crippen LogP contribution >= 0.6 is 0 Å². The van der Waals surface area contributed by atoms with Crippen molar-refractivity contribution in [2.45, 2.75) is 64.1 Å². The fraction of sp³-hybridized carbons (Fsp3) is 0.600. The van der Waals surface area contributed by atoms with Crippen LogP contribution in [0.1, 0.15) is 50.4 Å². The van der Waals surface area contributed by atoms with Crippen molar-refractivity contribution in [2.24, 2.45) is 0 Å². The first-order valence-electron chi connectivity index (χ1n) is 9.71. The minimum Gasteiger partial charge on any atom is -0.334 e. The molecule has 2 atom stereocenters. The van der Waals surface area contributed by atoms with Gasteiger partial charge in [0.1, 0.15) is 0 Å². The predicted molar refractivity (Wildman–Crippen MR) is 98.2 cm³/mol. The zero-order chi connectivity index (χ0) is 17.1. The molecule has 2 aromatic rings. The summed E-state index contributed by atoms with van der Waals surface area (Å²) in [4.78, 5) is 7.16. The number of hydrogen-bond donors (Lipinski definition) is 1. The Morgan fingerprint density at radius 1 is 1.28 bits per heavy atom. The second-order valence-electron chi connectivity index (χ2n) is 7.40. The number of nitrogens with zero attached hydrogens (tertiary/aromatic N) is 3. The lowest BCUT2D eigenvalue weighted by Crippen LogP contribution is -2.45. The molecule has 0 aliphatic carbocycles. The predicted octanol–water partition coefficient (Wildman–Crippen LogP) is 3.41. The molecule has 2 aliphatic rings. The largest absolute Gasteiger partial charge is 0.334 e. The van der Waals surface area contributed by atoms with Gasteiger partial charge in [0.15, 0.2) is 5.82 Å². The van der Waals surface area contributed by atoms with E-state index >= 15 is 0 Å². The van der Waals surface area contributed by atoms with Crippen LogP contribution in [-0.2, 0) is 13.0 Å². The Kier molecular flexibility index (Phi) is 5.13. The molecule has 2 aliphatic heterocycles. The van der Waals surface area contributed by atoms with Gasteiger partial charge in [-0.25, -0.2) is 0 Å². The van der Waals surface area contributed by atoms with Crippen LogP contribution < -0.4 is 5.32 Å². The van der Waals surface area contributed by atoms with Crippen LogP contribution in [-0.4, -0.2) is 40.2 Å². The van der Waals surface area contributed by atoms with Gasteiger partial charge in [0.2, 0.25) is 0 Å². The van der Waals surface area contributed by atoms with Gasteiger partial charge in [-0.05, 0) is 62.9 Å². The number of hydrogen-bond acceptors (Lipinski definition) is 5. The van der Waals surface area contributed by atoms with Gasteiger partial charge in [-0.15, -0.1) is 0 Å². The first-order valence-corrected chi connectivity index (χ1v) is 9.71. The van der Waals surface area contributed by atoms with E-state index in [1.54, 1.807) is 0 Å². The molecule has 134 valence electrons. The van der Waals surface area contributed by atoms with Gasteiger partial charge in [0, 0.05) is 30.6 Å². The Morgan fingerprint density at radius 2 is 2.24 bits per heavy atom. The van der Waals surface area contributed by atoms with Crippen molar-refractivity contribution < 1.29 is 4.52 Å². The maximum Gasteiger partial charge on any atom is 0.257 e. The van der Waals surface area contributed by atoms with Crippen LogP contribution in [0.25, 0.3) is 11.5 Å². The third kappa shape index (κ3) is 3.93. The standard InChI is InChI=1S/C20H28N4O/c1-2-5-19-22-20(25-23-19)16-7-3-6-15(12-16)14-21-17-9-11-24-10-4-8-18(24)13-17/h3,6-7,12,17-18,21H,2,4-5,8-11,13-14H2,1H3/t17-,18+/m0/s1. The summed E-state index contributed by atoms with van der Waals surface area (Å²) in [5.41, 5.74) is 2.29. The summed E-state index contributed by atoms with van der Waals surface area (Å²) in [5, 5.41) is 7.82. The van der Waals surface area contributed by atoms with Crippen molar-refractivity contribution >= 4 is 0 Å². The highest BCUT2D eigenvalue weighted by atomic mass is 16.5. The molecule has 1 aromatic carbocycles. The van der Waals surface area contributed by atoms with Crippen molar-refractivity contribution in [2.75, 3.05) is 13.1 Å². The van der Waals surface area contributed by atoms with E-state index < -0.39 is 0 Å². The lowest BCUT2D eigenvalue weighted by Gasteiger charge is -2.35. The average molecular weight is 340 g/mol. The Balaban J connectivity index is 1.36. The van der Waals surface area contributed by atoms with Crippen molar-refractivity contribution in [1.82, 2.24) is 20.4 Å². The van der Waals surface area contributed by atoms with Crippen LogP contribution in [0.2, 0.25) is 0 Å². The first kappa shape index (κ1) is 16.7. The SMILES string of the molecule is CCCc1noc(-c2cccc(CN[C@H]3CCN4CCC[C@@H]4C3)c2)n1. The van der Waals surface area contributed by atoms with Gasteiger partial charge in [-0.3, -0.25) is 0 Å². The molecule has 5 heteroatoms. The molecule has 0 amide bonds. The molecule has 4 rings (SSSR count). The summed E-state index contributed by atoms with van der Waals surface area (Å²) in [5.74, 6) is 1.42. The molecule has 0 unspecified atom stereocenters. The number of aryl methyl sites for hydroxylation is 1. The van der Waals surface area contributed by atoms with Gasteiger partial charge in [-0.2, -0.15) is 4.98 Å². The number of benzene rings is 1. The van der Waals surface area contributed by atoms with Crippen molar-refractivity contribution in [3.63, 3.8) is 0 Å². The summed E-state index contributed by atoms with van der Waals surface area (Å²) in [7, 11) is 0. The van der Waals surface area contributed by atoms with Crippen LogP contribution in [0.15, 0.2) is 28.8 Å². The molecule has 5 nitrogen and oxygen atoms in total. The second-order valence-corrected chi connectivity index (χ2v) is 7.40. The Morgan fingerprint density at radius 3 is 3.16 bits per heavy atom. The molecule has 0 bridgehead atoms. The summed E-state index contributed by atoms with van der Waals surface area (Å²) in [6.07, 6.45) is 7.21. The summed E-state index contributed by atoms with van der Waals surface area (Å²) in [6, 6.07) is 9.92. The van der Waals surface area contributed by atoms with Crippen molar-refractivity contribution in [3.8, 4) is 11.5 Å². The Labute approximate surface area is 149 Å². The number of fused-ring (bicyclic) bond motifs is 1. The quantitative estimate of drug-likeness (QED) is 0.873. The highest BCUT2D eigenvalue weighted by Crippen LogP contribution is 2.27. The van der Waals surface area contributed by atoms with E-state index in [-0.39, 0.29) is 0 Å². The lowest BCUT2D eigenvalue weighted by atomic mass is 9.97. The minimum atomic E-state index is 0.629. The molecule has 25 heavy (non-hydrogen) atoms. The maximum absolute atomic E-state index is 5.41. The van der Waals surface area contributed by atoms with Crippen molar-refractivity contribution in [1.29, 1.82) is 0 Å². The summed E-state index contributed by atoms with van der Waals surface area (Å²) >= 11 is 0. The van der Waals surface area contributed by atoms with Crippen LogP contribution in [0.5, 0.6) is 0 Å². The van der Waals surface area contributed by atoms with Gasteiger partial charge >= 0.3 is 0 Å². The molecule has 2 fully saturated rings. The third-order valence-electron chi connectivity index (χ3n) is 5.53. The molecule has 0 spiro atoms. The smallest absolute Gasteiger partial charge is 0.257 e. The average Bonchev–Trinajstić information content (AvgIpc) is 3.29. The fourth-order valence-electron chi connectivity index (χ4n) is 4.18. The van der Waals surface area contributed by atoms with Crippen molar-refractivity contribution in [3.05, 3.63) is 35.7 Å². The number of aromatic nitrogens is 2. The molecule has 1 N–H and O–H groups in total. The molecule has 3 heterocycles. The van der Waals surface area contributed by atoms with Gasteiger partial charge in [0.05, 0.1) is 0 Å².